The first-order chi connectivity index (χ1) is 10.3. The van der Waals surface area contributed by atoms with E-state index in [1.54, 1.807) is 6.33 Å². The lowest BCUT2D eigenvalue weighted by molar-refractivity contribution is 0.875. The summed E-state index contributed by atoms with van der Waals surface area (Å²) in [7, 11) is 0. The Bertz CT molecular complexity index is 798. The topological polar surface area (TPSA) is 61.6 Å². The molecule has 1 atom stereocenters. The first kappa shape index (κ1) is 13.1. The van der Waals surface area contributed by atoms with Crippen LogP contribution in [0.2, 0.25) is 0 Å². The van der Waals surface area contributed by atoms with E-state index in [-0.39, 0.29) is 6.04 Å². The quantitative estimate of drug-likeness (QED) is 0.791. The van der Waals surface area contributed by atoms with Gasteiger partial charge in [0.2, 0.25) is 0 Å². The van der Waals surface area contributed by atoms with Crippen molar-refractivity contribution in [3.05, 3.63) is 66.0 Å². The van der Waals surface area contributed by atoms with Gasteiger partial charge in [-0.3, -0.25) is 0 Å². The number of nitrogens with zero attached hydrogens (tertiary/aromatic N) is 3. The van der Waals surface area contributed by atoms with Crippen LogP contribution in [0.3, 0.4) is 0 Å². The van der Waals surface area contributed by atoms with Crippen LogP contribution in [0, 0.1) is 11.3 Å². The minimum absolute atomic E-state index is 0.0936. The summed E-state index contributed by atoms with van der Waals surface area (Å²) in [6, 6.07) is 17.7. The molecule has 0 fully saturated rings. The molecular formula is C17H14N4. The zero-order valence-corrected chi connectivity index (χ0v) is 11.6. The molecule has 3 aromatic rings. The molecule has 0 saturated heterocycles. The Morgan fingerprint density at radius 3 is 2.57 bits per heavy atom. The van der Waals surface area contributed by atoms with Crippen molar-refractivity contribution in [1.82, 2.24) is 9.97 Å². The fourth-order valence-electron chi connectivity index (χ4n) is 2.25. The van der Waals surface area contributed by atoms with Crippen LogP contribution in [-0.4, -0.2) is 9.97 Å². The van der Waals surface area contributed by atoms with Crippen LogP contribution < -0.4 is 5.32 Å². The van der Waals surface area contributed by atoms with Gasteiger partial charge in [0, 0.05) is 11.4 Å². The lowest BCUT2D eigenvalue weighted by atomic mass is 10.1. The standard InChI is InChI=1S/C17H14N4/c1-12(14-8-6-13(10-18)7-9-14)21-17-15-4-2-3-5-16(15)19-11-20-17/h2-9,11-12H,1H3,(H,19,20,21). The molecule has 21 heavy (non-hydrogen) atoms. The molecular weight excluding hydrogens is 260 g/mol. The van der Waals surface area contributed by atoms with Crippen molar-refractivity contribution in [1.29, 1.82) is 5.26 Å². The highest BCUT2D eigenvalue weighted by atomic mass is 15.0. The Kier molecular flexibility index (Phi) is 3.48. The maximum atomic E-state index is 8.84. The lowest BCUT2D eigenvalue weighted by Gasteiger charge is -2.16. The van der Waals surface area contributed by atoms with E-state index in [9.17, 15) is 0 Å². The third kappa shape index (κ3) is 2.67. The van der Waals surface area contributed by atoms with Gasteiger partial charge in [0.25, 0.3) is 0 Å². The van der Waals surface area contributed by atoms with E-state index in [1.807, 2.05) is 48.5 Å². The Hall–Kier alpha value is -2.93. The molecule has 0 radical (unpaired) electrons. The molecule has 0 saturated carbocycles. The van der Waals surface area contributed by atoms with E-state index < -0.39 is 0 Å². The Labute approximate surface area is 123 Å². The molecule has 0 aliphatic carbocycles. The van der Waals surface area contributed by atoms with Crippen molar-refractivity contribution < 1.29 is 0 Å². The first-order valence-corrected chi connectivity index (χ1v) is 6.74. The largest absolute Gasteiger partial charge is 0.363 e. The Morgan fingerprint density at radius 1 is 1.05 bits per heavy atom. The number of benzene rings is 2. The average molecular weight is 274 g/mol. The highest BCUT2D eigenvalue weighted by Gasteiger charge is 2.09. The van der Waals surface area contributed by atoms with Crippen LogP contribution >= 0.6 is 0 Å². The molecule has 0 aliphatic heterocycles. The molecule has 0 aliphatic rings. The number of para-hydroxylation sites is 1. The fraction of sp³-hybridized carbons (Fsp3) is 0.118. The van der Waals surface area contributed by atoms with Gasteiger partial charge in [0.15, 0.2) is 0 Å². The summed E-state index contributed by atoms with van der Waals surface area (Å²) in [6.07, 6.45) is 1.57. The van der Waals surface area contributed by atoms with Crippen molar-refractivity contribution >= 4 is 16.7 Å². The van der Waals surface area contributed by atoms with E-state index in [0.29, 0.717) is 5.56 Å². The van der Waals surface area contributed by atoms with Gasteiger partial charge in [-0.1, -0.05) is 24.3 Å². The molecule has 3 rings (SSSR count). The van der Waals surface area contributed by atoms with Gasteiger partial charge in [-0.15, -0.1) is 0 Å². The number of hydrogen-bond donors (Lipinski definition) is 1. The van der Waals surface area contributed by atoms with Crippen molar-refractivity contribution in [3.63, 3.8) is 0 Å². The highest BCUT2D eigenvalue weighted by molar-refractivity contribution is 5.88. The number of nitriles is 1. The molecule has 4 heteroatoms. The molecule has 0 amide bonds. The van der Waals surface area contributed by atoms with Crippen LogP contribution in [0.4, 0.5) is 5.82 Å². The van der Waals surface area contributed by atoms with Crippen LogP contribution in [-0.2, 0) is 0 Å². The van der Waals surface area contributed by atoms with Gasteiger partial charge in [-0.05, 0) is 36.8 Å². The summed E-state index contributed by atoms with van der Waals surface area (Å²) in [5.41, 5.74) is 2.69. The number of aromatic nitrogens is 2. The van der Waals surface area contributed by atoms with Crippen molar-refractivity contribution in [2.24, 2.45) is 0 Å². The summed E-state index contributed by atoms with van der Waals surface area (Å²) < 4.78 is 0. The molecule has 4 nitrogen and oxygen atoms in total. The SMILES string of the molecule is CC(Nc1ncnc2ccccc12)c1ccc(C#N)cc1. The van der Waals surface area contributed by atoms with Gasteiger partial charge >= 0.3 is 0 Å². The van der Waals surface area contributed by atoms with Crippen LogP contribution in [0.15, 0.2) is 54.9 Å². The molecule has 2 aromatic carbocycles. The van der Waals surface area contributed by atoms with Crippen molar-refractivity contribution in [3.8, 4) is 6.07 Å². The van der Waals surface area contributed by atoms with Crippen molar-refractivity contribution in [2.75, 3.05) is 5.32 Å². The third-order valence-corrected chi connectivity index (χ3v) is 3.44. The maximum Gasteiger partial charge on any atom is 0.137 e. The minimum atomic E-state index is 0.0936. The third-order valence-electron chi connectivity index (χ3n) is 3.44. The number of anilines is 1. The predicted octanol–water partition coefficient (Wildman–Crippen LogP) is 3.67. The second kappa shape index (κ2) is 5.59. The monoisotopic (exact) mass is 274 g/mol. The minimum Gasteiger partial charge on any atom is -0.363 e. The zero-order valence-electron chi connectivity index (χ0n) is 11.6. The maximum absolute atomic E-state index is 8.84. The van der Waals surface area contributed by atoms with E-state index >= 15 is 0 Å². The zero-order chi connectivity index (χ0) is 14.7. The van der Waals surface area contributed by atoms with Crippen molar-refractivity contribution in [2.45, 2.75) is 13.0 Å². The van der Waals surface area contributed by atoms with Crippen LogP contribution in [0.5, 0.6) is 0 Å². The molecule has 1 heterocycles. The van der Waals surface area contributed by atoms with Gasteiger partial charge in [-0.2, -0.15) is 5.26 Å². The van der Waals surface area contributed by atoms with E-state index in [0.717, 1.165) is 22.3 Å². The van der Waals surface area contributed by atoms with Crippen LogP contribution in [0.1, 0.15) is 24.1 Å². The summed E-state index contributed by atoms with van der Waals surface area (Å²) in [5.74, 6) is 0.817. The Morgan fingerprint density at radius 2 is 1.81 bits per heavy atom. The van der Waals surface area contributed by atoms with Gasteiger partial charge < -0.3 is 5.32 Å². The van der Waals surface area contributed by atoms with Crippen LogP contribution in [0.25, 0.3) is 10.9 Å². The summed E-state index contributed by atoms with van der Waals surface area (Å²) in [4.78, 5) is 8.59. The van der Waals surface area contributed by atoms with Gasteiger partial charge in [-0.25, -0.2) is 9.97 Å². The predicted molar refractivity (Wildman–Crippen MR) is 82.7 cm³/mol. The smallest absolute Gasteiger partial charge is 0.137 e. The summed E-state index contributed by atoms with van der Waals surface area (Å²) in [6.45, 7) is 2.07. The molecule has 1 unspecified atom stereocenters. The van der Waals surface area contributed by atoms with Gasteiger partial charge in [0.05, 0.1) is 17.1 Å². The van der Waals surface area contributed by atoms with E-state index in [2.05, 4.69) is 28.3 Å². The normalized spacial score (nSPS) is 11.8. The second-order valence-corrected chi connectivity index (χ2v) is 4.84. The van der Waals surface area contributed by atoms with E-state index in [4.69, 9.17) is 5.26 Å². The number of rotatable bonds is 3. The first-order valence-electron chi connectivity index (χ1n) is 6.74. The number of nitrogens with one attached hydrogen (secondary N) is 1. The lowest BCUT2D eigenvalue weighted by Crippen LogP contribution is -2.08. The number of fused-ring (bicyclic) bond motifs is 1. The van der Waals surface area contributed by atoms with Gasteiger partial charge in [0.1, 0.15) is 12.1 Å². The number of hydrogen-bond acceptors (Lipinski definition) is 4. The average Bonchev–Trinajstić information content (AvgIpc) is 2.55. The molecule has 0 bridgehead atoms. The Balaban J connectivity index is 1.89. The fourth-order valence-corrected chi connectivity index (χ4v) is 2.25. The molecule has 102 valence electrons. The molecule has 1 N–H and O–H groups in total. The second-order valence-electron chi connectivity index (χ2n) is 4.84. The highest BCUT2D eigenvalue weighted by Crippen LogP contribution is 2.23. The molecule has 1 aromatic heterocycles. The summed E-state index contributed by atoms with van der Waals surface area (Å²) >= 11 is 0. The summed E-state index contributed by atoms with van der Waals surface area (Å²) in [5, 5.41) is 13.2. The van der Waals surface area contributed by atoms with E-state index in [1.165, 1.54) is 0 Å². The molecule has 0 spiro atoms.